The van der Waals surface area contributed by atoms with Crippen molar-refractivity contribution in [3.05, 3.63) is 23.8 Å². The number of hydrogen-bond donors (Lipinski definition) is 3. The first-order valence-corrected chi connectivity index (χ1v) is 6.61. The van der Waals surface area contributed by atoms with Crippen LogP contribution in [0.1, 0.15) is 18.5 Å². The van der Waals surface area contributed by atoms with Gasteiger partial charge in [0.15, 0.2) is 0 Å². The number of phenolic OH excluding ortho intramolecular Hbond substituents is 2. The topological polar surface area (TPSA) is 65.0 Å². The number of hydrogen-bond acceptors (Lipinski definition) is 5. The molecule has 0 amide bonds. The monoisotopic (exact) mass is 266 g/mol. The molecule has 3 N–H and O–H groups in total. The zero-order valence-electron chi connectivity index (χ0n) is 11.5. The minimum absolute atomic E-state index is 0.0390. The first-order valence-electron chi connectivity index (χ1n) is 6.61. The number of morpholine rings is 1. The molecule has 0 saturated carbocycles. The number of phenols is 2. The fraction of sp³-hybridized carbons (Fsp3) is 0.571. The summed E-state index contributed by atoms with van der Waals surface area (Å²) in [5, 5.41) is 22.6. The van der Waals surface area contributed by atoms with E-state index in [0.717, 1.165) is 26.2 Å². The summed E-state index contributed by atoms with van der Waals surface area (Å²) in [6.45, 7) is 5.32. The maximum absolute atomic E-state index is 9.79. The number of rotatable bonds is 4. The average Bonchev–Trinajstić information content (AvgIpc) is 2.39. The molecule has 1 aromatic carbocycles. The lowest BCUT2D eigenvalue weighted by atomic mass is 10.1. The van der Waals surface area contributed by atoms with E-state index >= 15 is 0 Å². The predicted molar refractivity (Wildman–Crippen MR) is 73.4 cm³/mol. The molecule has 1 aliphatic heterocycles. The molecule has 106 valence electrons. The Hall–Kier alpha value is -1.30. The molecule has 2 unspecified atom stereocenters. The average molecular weight is 266 g/mol. The van der Waals surface area contributed by atoms with Crippen LogP contribution in [0.2, 0.25) is 0 Å². The second-order valence-electron chi connectivity index (χ2n) is 5.13. The van der Waals surface area contributed by atoms with Crippen LogP contribution < -0.4 is 5.32 Å². The van der Waals surface area contributed by atoms with Crippen LogP contribution in [-0.2, 0) is 4.74 Å². The van der Waals surface area contributed by atoms with E-state index in [1.807, 2.05) is 6.92 Å². The smallest absolute Gasteiger partial charge is 0.120 e. The quantitative estimate of drug-likeness (QED) is 0.712. The van der Waals surface area contributed by atoms with Crippen LogP contribution in [0.5, 0.6) is 11.5 Å². The number of benzene rings is 1. The fourth-order valence-corrected chi connectivity index (χ4v) is 2.30. The first-order chi connectivity index (χ1) is 9.06. The number of ether oxygens (including phenoxy) is 1. The van der Waals surface area contributed by atoms with Gasteiger partial charge in [0.1, 0.15) is 11.5 Å². The normalized spacial score (nSPS) is 22.3. The predicted octanol–water partition coefficient (Wildman–Crippen LogP) is 1.08. The first kappa shape index (κ1) is 14.1. The molecule has 1 aliphatic rings. The highest BCUT2D eigenvalue weighted by molar-refractivity contribution is 5.40. The number of nitrogens with one attached hydrogen (secondary N) is 1. The molecule has 0 radical (unpaired) electrons. The van der Waals surface area contributed by atoms with E-state index in [1.54, 1.807) is 6.07 Å². The Kier molecular flexibility index (Phi) is 4.63. The molecule has 0 spiro atoms. The van der Waals surface area contributed by atoms with Crippen molar-refractivity contribution in [1.82, 2.24) is 10.2 Å². The highest BCUT2D eigenvalue weighted by Crippen LogP contribution is 2.27. The molecular formula is C14H22N2O3. The van der Waals surface area contributed by atoms with Crippen molar-refractivity contribution in [2.24, 2.45) is 0 Å². The van der Waals surface area contributed by atoms with Gasteiger partial charge >= 0.3 is 0 Å². The van der Waals surface area contributed by atoms with Gasteiger partial charge in [0.2, 0.25) is 0 Å². The fourth-order valence-electron chi connectivity index (χ4n) is 2.30. The molecule has 1 fully saturated rings. The number of nitrogens with zero attached hydrogens (tertiary/aromatic N) is 1. The summed E-state index contributed by atoms with van der Waals surface area (Å²) in [6.07, 6.45) is 0.167. The highest BCUT2D eigenvalue weighted by atomic mass is 16.5. The lowest BCUT2D eigenvalue weighted by Crippen LogP contribution is -2.45. The van der Waals surface area contributed by atoms with Crippen molar-refractivity contribution in [2.45, 2.75) is 19.1 Å². The minimum atomic E-state index is -0.0390. The summed E-state index contributed by atoms with van der Waals surface area (Å²) in [5.41, 5.74) is 0.698. The van der Waals surface area contributed by atoms with Crippen LogP contribution in [0.4, 0.5) is 0 Å². The molecule has 0 bridgehead atoms. The van der Waals surface area contributed by atoms with Crippen LogP contribution in [-0.4, -0.2) is 54.5 Å². The van der Waals surface area contributed by atoms with E-state index in [9.17, 15) is 10.2 Å². The lowest BCUT2D eigenvalue weighted by Gasteiger charge is -2.31. The van der Waals surface area contributed by atoms with E-state index in [0.29, 0.717) is 5.56 Å². The third kappa shape index (κ3) is 3.83. The van der Waals surface area contributed by atoms with Gasteiger partial charge in [-0.05, 0) is 32.2 Å². The number of aromatic hydroxyl groups is 2. The summed E-state index contributed by atoms with van der Waals surface area (Å²) in [5.74, 6) is 0.356. The SMILES string of the molecule is CC(NCC1CN(C)CCO1)c1cc(O)ccc1O. The van der Waals surface area contributed by atoms with Gasteiger partial charge in [-0.1, -0.05) is 0 Å². The summed E-state index contributed by atoms with van der Waals surface area (Å²) in [4.78, 5) is 2.24. The van der Waals surface area contributed by atoms with Crippen molar-refractivity contribution in [1.29, 1.82) is 0 Å². The largest absolute Gasteiger partial charge is 0.508 e. The van der Waals surface area contributed by atoms with Gasteiger partial charge in [-0.25, -0.2) is 0 Å². The van der Waals surface area contributed by atoms with Crippen molar-refractivity contribution in [3.8, 4) is 11.5 Å². The summed E-state index contributed by atoms with van der Waals surface area (Å²) >= 11 is 0. The minimum Gasteiger partial charge on any atom is -0.508 e. The van der Waals surface area contributed by atoms with Gasteiger partial charge in [0.05, 0.1) is 12.7 Å². The van der Waals surface area contributed by atoms with E-state index in [-0.39, 0.29) is 23.6 Å². The highest BCUT2D eigenvalue weighted by Gasteiger charge is 2.19. The van der Waals surface area contributed by atoms with E-state index < -0.39 is 0 Å². The lowest BCUT2D eigenvalue weighted by molar-refractivity contribution is -0.0191. The molecule has 2 rings (SSSR count). The second kappa shape index (κ2) is 6.23. The maximum atomic E-state index is 9.79. The molecule has 19 heavy (non-hydrogen) atoms. The van der Waals surface area contributed by atoms with Gasteiger partial charge in [-0.15, -0.1) is 0 Å². The van der Waals surface area contributed by atoms with Crippen molar-refractivity contribution in [2.75, 3.05) is 33.3 Å². The van der Waals surface area contributed by atoms with Gasteiger partial charge < -0.3 is 25.2 Å². The molecule has 5 heteroatoms. The Bertz CT molecular complexity index is 425. The van der Waals surface area contributed by atoms with Crippen LogP contribution >= 0.6 is 0 Å². The van der Waals surface area contributed by atoms with Gasteiger partial charge in [-0.3, -0.25) is 0 Å². The third-order valence-electron chi connectivity index (χ3n) is 3.47. The zero-order valence-corrected chi connectivity index (χ0v) is 11.5. The van der Waals surface area contributed by atoms with Crippen LogP contribution in [0.3, 0.4) is 0 Å². The van der Waals surface area contributed by atoms with Gasteiger partial charge in [0, 0.05) is 31.2 Å². The van der Waals surface area contributed by atoms with Crippen molar-refractivity contribution >= 4 is 0 Å². The Morgan fingerprint density at radius 2 is 2.26 bits per heavy atom. The summed E-state index contributed by atoms with van der Waals surface area (Å²) < 4.78 is 5.67. The van der Waals surface area contributed by atoms with Crippen molar-refractivity contribution in [3.63, 3.8) is 0 Å². The van der Waals surface area contributed by atoms with Crippen LogP contribution in [0, 0.1) is 0 Å². The molecule has 1 aromatic rings. The Morgan fingerprint density at radius 1 is 1.47 bits per heavy atom. The molecule has 5 nitrogen and oxygen atoms in total. The molecule has 0 aliphatic carbocycles. The van der Waals surface area contributed by atoms with Gasteiger partial charge in [-0.2, -0.15) is 0 Å². The van der Waals surface area contributed by atoms with Crippen molar-refractivity contribution < 1.29 is 14.9 Å². The van der Waals surface area contributed by atoms with Crippen LogP contribution in [0.25, 0.3) is 0 Å². The zero-order chi connectivity index (χ0) is 13.8. The molecule has 0 aromatic heterocycles. The number of likely N-dealkylation sites (N-methyl/N-ethyl adjacent to an activating group) is 1. The Morgan fingerprint density at radius 3 is 3.00 bits per heavy atom. The van der Waals surface area contributed by atoms with E-state index in [1.165, 1.54) is 12.1 Å². The molecular weight excluding hydrogens is 244 g/mol. The summed E-state index contributed by atoms with van der Waals surface area (Å²) in [7, 11) is 2.08. The van der Waals surface area contributed by atoms with E-state index in [4.69, 9.17) is 4.74 Å². The molecule has 1 heterocycles. The molecule has 1 saturated heterocycles. The Balaban J connectivity index is 1.90. The molecule has 2 atom stereocenters. The van der Waals surface area contributed by atoms with E-state index in [2.05, 4.69) is 17.3 Å². The van der Waals surface area contributed by atoms with Gasteiger partial charge in [0.25, 0.3) is 0 Å². The third-order valence-corrected chi connectivity index (χ3v) is 3.47. The standard InChI is InChI=1S/C14H22N2O3/c1-10(13-7-11(17)3-4-14(13)18)15-8-12-9-16(2)5-6-19-12/h3-4,7,10,12,15,17-18H,5-6,8-9H2,1-2H3. The second-order valence-corrected chi connectivity index (χ2v) is 5.13. The van der Waals surface area contributed by atoms with Crippen LogP contribution in [0.15, 0.2) is 18.2 Å². The Labute approximate surface area is 113 Å². The summed E-state index contributed by atoms with van der Waals surface area (Å²) in [6, 6.07) is 4.53. The maximum Gasteiger partial charge on any atom is 0.120 e.